The van der Waals surface area contributed by atoms with E-state index >= 15 is 0 Å². The number of anilines is 1. The highest BCUT2D eigenvalue weighted by atomic mass is 79.9. The maximum Gasteiger partial charge on any atom is 0.160 e. The van der Waals surface area contributed by atoms with E-state index in [1.54, 1.807) is 12.1 Å². The molecular formula is C13H11BrN4O. The van der Waals surface area contributed by atoms with Crippen molar-refractivity contribution in [2.24, 2.45) is 0 Å². The monoisotopic (exact) mass is 318 g/mol. The smallest absolute Gasteiger partial charge is 0.160 e. The first-order valence-electron chi connectivity index (χ1n) is 5.74. The van der Waals surface area contributed by atoms with Crippen LogP contribution in [0.5, 0.6) is 5.75 Å². The Morgan fingerprint density at radius 3 is 2.68 bits per heavy atom. The molecule has 0 amide bonds. The van der Waals surface area contributed by atoms with Gasteiger partial charge in [-0.3, -0.25) is 4.40 Å². The van der Waals surface area contributed by atoms with Crippen molar-refractivity contribution in [3.05, 3.63) is 52.9 Å². The van der Waals surface area contributed by atoms with Crippen LogP contribution >= 0.6 is 15.9 Å². The van der Waals surface area contributed by atoms with E-state index in [4.69, 9.17) is 0 Å². The molecule has 0 aliphatic rings. The summed E-state index contributed by atoms with van der Waals surface area (Å²) in [7, 11) is 0. The topological polar surface area (TPSA) is 62.5 Å². The molecule has 0 bridgehead atoms. The number of halogens is 1. The molecule has 0 saturated carbocycles. The van der Waals surface area contributed by atoms with Crippen LogP contribution in [0, 0.1) is 0 Å². The molecule has 1 aromatic carbocycles. The van der Waals surface area contributed by atoms with Crippen molar-refractivity contribution in [3.63, 3.8) is 0 Å². The molecule has 0 saturated heterocycles. The van der Waals surface area contributed by atoms with Gasteiger partial charge in [-0.25, -0.2) is 0 Å². The van der Waals surface area contributed by atoms with Crippen molar-refractivity contribution in [2.45, 2.75) is 6.54 Å². The zero-order valence-electron chi connectivity index (χ0n) is 9.92. The van der Waals surface area contributed by atoms with Gasteiger partial charge in [-0.1, -0.05) is 0 Å². The Bertz CT molecular complexity index is 708. The van der Waals surface area contributed by atoms with Gasteiger partial charge in [0, 0.05) is 16.4 Å². The van der Waals surface area contributed by atoms with E-state index in [9.17, 15) is 5.11 Å². The molecule has 0 atom stereocenters. The average molecular weight is 319 g/mol. The number of pyridine rings is 1. The predicted molar refractivity (Wildman–Crippen MR) is 76.1 cm³/mol. The number of phenols is 1. The quantitative estimate of drug-likeness (QED) is 0.729. The molecule has 19 heavy (non-hydrogen) atoms. The second-order valence-electron chi connectivity index (χ2n) is 4.09. The molecule has 3 aromatic rings. The maximum absolute atomic E-state index is 9.22. The minimum atomic E-state index is 0.252. The summed E-state index contributed by atoms with van der Waals surface area (Å²) in [6, 6.07) is 10.7. The van der Waals surface area contributed by atoms with Crippen LogP contribution < -0.4 is 5.32 Å². The van der Waals surface area contributed by atoms with E-state index in [0.717, 1.165) is 21.6 Å². The largest absolute Gasteiger partial charge is 0.508 e. The molecular weight excluding hydrogens is 308 g/mol. The third-order valence-corrected chi connectivity index (χ3v) is 3.22. The first-order chi connectivity index (χ1) is 9.22. The van der Waals surface area contributed by atoms with E-state index in [0.29, 0.717) is 6.54 Å². The Hall–Kier alpha value is -2.08. The SMILES string of the molecule is Oc1ccc(NCc2nnc3ccc(Br)cn23)cc1. The van der Waals surface area contributed by atoms with E-state index in [2.05, 4.69) is 31.4 Å². The van der Waals surface area contributed by atoms with Crippen LogP contribution in [0.1, 0.15) is 5.82 Å². The van der Waals surface area contributed by atoms with Crippen molar-refractivity contribution < 1.29 is 5.11 Å². The highest BCUT2D eigenvalue weighted by Crippen LogP contribution is 2.16. The fraction of sp³-hybridized carbons (Fsp3) is 0.0769. The number of hydrogen-bond donors (Lipinski definition) is 2. The fourth-order valence-corrected chi connectivity index (χ4v) is 2.13. The molecule has 6 heteroatoms. The molecule has 0 unspecified atom stereocenters. The van der Waals surface area contributed by atoms with Gasteiger partial charge < -0.3 is 10.4 Å². The summed E-state index contributed by atoms with van der Waals surface area (Å²) in [5, 5.41) is 20.7. The molecule has 3 rings (SSSR count). The first kappa shape index (κ1) is 12.0. The predicted octanol–water partition coefficient (Wildman–Crippen LogP) is 2.81. The van der Waals surface area contributed by atoms with Crippen LogP contribution in [0.3, 0.4) is 0 Å². The van der Waals surface area contributed by atoms with Crippen LogP contribution in [-0.2, 0) is 6.54 Å². The number of benzene rings is 1. The number of aromatic hydroxyl groups is 1. The lowest BCUT2D eigenvalue weighted by molar-refractivity contribution is 0.475. The van der Waals surface area contributed by atoms with Crippen molar-refractivity contribution >= 4 is 27.3 Å². The number of rotatable bonds is 3. The van der Waals surface area contributed by atoms with Crippen molar-refractivity contribution in [1.29, 1.82) is 0 Å². The van der Waals surface area contributed by atoms with Gasteiger partial charge in [0.2, 0.25) is 0 Å². The molecule has 0 fully saturated rings. The standard InChI is InChI=1S/C13H11BrN4O/c14-9-1-6-12-16-17-13(18(12)8-9)7-15-10-2-4-11(19)5-3-10/h1-6,8,15,19H,7H2. The molecule has 0 aliphatic heterocycles. The Morgan fingerprint density at radius 2 is 1.89 bits per heavy atom. The van der Waals surface area contributed by atoms with Gasteiger partial charge in [-0.15, -0.1) is 10.2 Å². The van der Waals surface area contributed by atoms with Gasteiger partial charge in [0.15, 0.2) is 11.5 Å². The van der Waals surface area contributed by atoms with Crippen LogP contribution in [0.4, 0.5) is 5.69 Å². The lowest BCUT2D eigenvalue weighted by Gasteiger charge is -2.05. The lowest BCUT2D eigenvalue weighted by Crippen LogP contribution is -2.03. The Morgan fingerprint density at radius 1 is 1.11 bits per heavy atom. The van der Waals surface area contributed by atoms with Crippen molar-refractivity contribution in [3.8, 4) is 5.75 Å². The van der Waals surface area contributed by atoms with E-state index < -0.39 is 0 Å². The van der Waals surface area contributed by atoms with Crippen LogP contribution in [0.15, 0.2) is 47.1 Å². The Balaban J connectivity index is 1.81. The fourth-order valence-electron chi connectivity index (χ4n) is 1.79. The van der Waals surface area contributed by atoms with Gasteiger partial charge >= 0.3 is 0 Å². The zero-order chi connectivity index (χ0) is 13.2. The van der Waals surface area contributed by atoms with Gasteiger partial charge in [0.25, 0.3) is 0 Å². The number of hydrogen-bond acceptors (Lipinski definition) is 4. The summed E-state index contributed by atoms with van der Waals surface area (Å²) < 4.78 is 2.91. The van der Waals surface area contributed by atoms with Gasteiger partial charge in [-0.2, -0.15) is 0 Å². The van der Waals surface area contributed by atoms with Crippen LogP contribution in [0.2, 0.25) is 0 Å². The number of phenolic OH excluding ortho intramolecular Hbond substituents is 1. The molecule has 5 nitrogen and oxygen atoms in total. The summed E-state index contributed by atoms with van der Waals surface area (Å²) >= 11 is 3.43. The summed E-state index contributed by atoms with van der Waals surface area (Å²) in [5.41, 5.74) is 1.73. The van der Waals surface area contributed by atoms with Crippen LogP contribution in [-0.4, -0.2) is 19.7 Å². The second-order valence-corrected chi connectivity index (χ2v) is 5.01. The molecule has 2 heterocycles. The summed E-state index contributed by atoms with van der Waals surface area (Å²) in [6.45, 7) is 0.558. The van der Waals surface area contributed by atoms with E-state index in [1.165, 1.54) is 0 Å². The van der Waals surface area contributed by atoms with E-state index in [1.807, 2.05) is 34.9 Å². The van der Waals surface area contributed by atoms with Crippen molar-refractivity contribution in [2.75, 3.05) is 5.32 Å². The third-order valence-electron chi connectivity index (χ3n) is 2.75. The number of aromatic nitrogens is 3. The summed E-state index contributed by atoms with van der Waals surface area (Å²) in [6.07, 6.45) is 1.93. The van der Waals surface area contributed by atoms with E-state index in [-0.39, 0.29) is 5.75 Å². The molecule has 2 N–H and O–H groups in total. The Labute approximate surface area is 118 Å². The first-order valence-corrected chi connectivity index (χ1v) is 6.54. The number of nitrogens with zero attached hydrogens (tertiary/aromatic N) is 3. The summed E-state index contributed by atoms with van der Waals surface area (Å²) in [5.74, 6) is 1.08. The maximum atomic E-state index is 9.22. The van der Waals surface area contributed by atoms with Crippen LogP contribution in [0.25, 0.3) is 5.65 Å². The minimum absolute atomic E-state index is 0.252. The molecule has 0 aliphatic carbocycles. The third kappa shape index (κ3) is 2.53. The highest BCUT2D eigenvalue weighted by Gasteiger charge is 2.05. The molecule has 0 radical (unpaired) electrons. The van der Waals surface area contributed by atoms with Gasteiger partial charge in [0.05, 0.1) is 6.54 Å². The molecule has 0 spiro atoms. The molecule has 2 aromatic heterocycles. The summed E-state index contributed by atoms with van der Waals surface area (Å²) in [4.78, 5) is 0. The van der Waals surface area contributed by atoms with Gasteiger partial charge in [0.1, 0.15) is 5.75 Å². The van der Waals surface area contributed by atoms with Gasteiger partial charge in [-0.05, 0) is 52.3 Å². The normalized spacial score (nSPS) is 10.8. The molecule has 96 valence electrons. The number of fused-ring (bicyclic) bond motifs is 1. The average Bonchev–Trinajstić information content (AvgIpc) is 2.80. The highest BCUT2D eigenvalue weighted by molar-refractivity contribution is 9.10. The second kappa shape index (κ2) is 4.89. The lowest BCUT2D eigenvalue weighted by atomic mass is 10.3. The number of nitrogens with one attached hydrogen (secondary N) is 1. The zero-order valence-corrected chi connectivity index (χ0v) is 11.5. The minimum Gasteiger partial charge on any atom is -0.508 e. The van der Waals surface area contributed by atoms with Crippen molar-refractivity contribution in [1.82, 2.24) is 14.6 Å². The Kier molecular flexibility index (Phi) is 3.08.